The standard InChI is InChI=1S/C29H24N4O5S2/c1-16-5-3-7-18(13-16)31-21(34)15-32-28-25(40-29(32)37)22(17-6-4-12-30-14-17)23-24(39-28)27(36)33(26(23)35)19-8-10-20(38-2)11-9-19/h3-14,22-24H,15H2,1-2H3,(H,31,34)/t22-,23?,24?/m1/s1. The molecule has 2 unspecified atom stereocenters. The summed E-state index contributed by atoms with van der Waals surface area (Å²) < 4.78 is 6.63. The second-order valence-corrected chi connectivity index (χ2v) is 11.7. The number of hydrogen-bond acceptors (Lipinski definition) is 8. The predicted octanol–water partition coefficient (Wildman–Crippen LogP) is 4.06. The number of thioether (sulfide) groups is 1. The van der Waals surface area contributed by atoms with Crippen LogP contribution in [0.2, 0.25) is 0 Å². The number of anilines is 2. The van der Waals surface area contributed by atoms with Gasteiger partial charge in [-0.1, -0.05) is 41.3 Å². The van der Waals surface area contributed by atoms with Crippen LogP contribution in [0, 0.1) is 12.8 Å². The monoisotopic (exact) mass is 572 g/mol. The van der Waals surface area contributed by atoms with Crippen LogP contribution >= 0.6 is 23.1 Å². The molecule has 11 heteroatoms. The number of aromatic nitrogens is 2. The number of rotatable bonds is 6. The zero-order chi connectivity index (χ0) is 28.0. The van der Waals surface area contributed by atoms with E-state index < -0.39 is 17.1 Å². The van der Waals surface area contributed by atoms with Gasteiger partial charge in [0.15, 0.2) is 0 Å². The molecule has 1 saturated heterocycles. The molecule has 0 bridgehead atoms. The summed E-state index contributed by atoms with van der Waals surface area (Å²) >= 11 is 2.18. The molecular weight excluding hydrogens is 548 g/mol. The van der Waals surface area contributed by atoms with E-state index in [2.05, 4.69) is 10.3 Å². The molecule has 202 valence electrons. The average molecular weight is 573 g/mol. The molecule has 2 aromatic carbocycles. The number of amides is 3. The van der Waals surface area contributed by atoms with Gasteiger partial charge >= 0.3 is 4.87 Å². The summed E-state index contributed by atoms with van der Waals surface area (Å²) in [6, 6.07) is 17.8. The molecule has 2 aliphatic rings. The van der Waals surface area contributed by atoms with Crippen molar-refractivity contribution in [1.82, 2.24) is 9.55 Å². The van der Waals surface area contributed by atoms with Crippen molar-refractivity contribution in [3.63, 3.8) is 0 Å². The van der Waals surface area contributed by atoms with Gasteiger partial charge in [0.2, 0.25) is 17.7 Å². The van der Waals surface area contributed by atoms with Gasteiger partial charge < -0.3 is 10.1 Å². The number of carbonyl (C=O) groups excluding carboxylic acids is 3. The molecule has 4 heterocycles. The van der Waals surface area contributed by atoms with Gasteiger partial charge in [-0.3, -0.25) is 28.7 Å². The van der Waals surface area contributed by atoms with Crippen molar-refractivity contribution in [3.05, 3.63) is 98.7 Å². The number of imide groups is 1. The van der Waals surface area contributed by atoms with Crippen LogP contribution < -0.4 is 19.8 Å². The van der Waals surface area contributed by atoms with E-state index >= 15 is 0 Å². The van der Waals surface area contributed by atoms with Crippen LogP contribution in [0.1, 0.15) is 21.9 Å². The normalized spacial score (nSPS) is 19.8. The Morgan fingerprint density at radius 2 is 1.85 bits per heavy atom. The number of hydrogen-bond donors (Lipinski definition) is 1. The third-order valence-corrected chi connectivity index (χ3v) is 9.63. The summed E-state index contributed by atoms with van der Waals surface area (Å²) in [5, 5.41) is 2.60. The molecular formula is C29H24N4O5S2. The molecule has 4 aromatic rings. The minimum absolute atomic E-state index is 0.215. The highest BCUT2D eigenvalue weighted by molar-refractivity contribution is 8.00. The topological polar surface area (TPSA) is 111 Å². The Hall–Kier alpha value is -4.22. The van der Waals surface area contributed by atoms with Gasteiger partial charge in [-0.25, -0.2) is 4.90 Å². The van der Waals surface area contributed by atoms with E-state index in [0.29, 0.717) is 27.0 Å². The zero-order valence-corrected chi connectivity index (χ0v) is 23.2. The van der Waals surface area contributed by atoms with E-state index in [1.54, 1.807) is 55.9 Å². The predicted molar refractivity (Wildman–Crippen MR) is 153 cm³/mol. The number of thiazole rings is 1. The quantitative estimate of drug-likeness (QED) is 0.347. The minimum Gasteiger partial charge on any atom is -0.497 e. The van der Waals surface area contributed by atoms with Gasteiger partial charge in [0, 0.05) is 28.9 Å². The minimum atomic E-state index is -0.771. The van der Waals surface area contributed by atoms with E-state index in [4.69, 9.17) is 4.74 Å². The van der Waals surface area contributed by atoms with Crippen molar-refractivity contribution in [2.24, 2.45) is 5.92 Å². The Labute approximate surface area is 237 Å². The first-order chi connectivity index (χ1) is 19.4. The van der Waals surface area contributed by atoms with Crippen LogP contribution in [0.5, 0.6) is 5.75 Å². The van der Waals surface area contributed by atoms with Crippen LogP contribution in [0.15, 0.2) is 82.9 Å². The average Bonchev–Trinajstić information content (AvgIpc) is 3.39. The van der Waals surface area contributed by atoms with Gasteiger partial charge in [-0.05, 0) is 60.5 Å². The second kappa shape index (κ2) is 10.4. The van der Waals surface area contributed by atoms with E-state index in [1.165, 1.54) is 21.2 Å². The van der Waals surface area contributed by atoms with Crippen LogP contribution in [0.4, 0.5) is 11.4 Å². The highest BCUT2D eigenvalue weighted by atomic mass is 32.2. The fourth-order valence-electron chi connectivity index (χ4n) is 5.23. The summed E-state index contributed by atoms with van der Waals surface area (Å²) in [7, 11) is 1.55. The lowest BCUT2D eigenvalue weighted by molar-refractivity contribution is -0.122. The first kappa shape index (κ1) is 26.0. The molecule has 9 nitrogen and oxygen atoms in total. The Morgan fingerprint density at radius 1 is 1.05 bits per heavy atom. The van der Waals surface area contributed by atoms with Crippen LogP contribution in [-0.4, -0.2) is 39.6 Å². The highest BCUT2D eigenvalue weighted by Crippen LogP contribution is 2.53. The van der Waals surface area contributed by atoms with Crippen molar-refractivity contribution < 1.29 is 19.1 Å². The smallest absolute Gasteiger partial charge is 0.308 e. The van der Waals surface area contributed by atoms with Gasteiger partial charge in [0.05, 0.1) is 23.7 Å². The fourth-order valence-corrected chi connectivity index (χ4v) is 8.00. The lowest BCUT2D eigenvalue weighted by Gasteiger charge is -2.30. The Morgan fingerprint density at radius 3 is 2.55 bits per heavy atom. The maximum absolute atomic E-state index is 13.9. The second-order valence-electron chi connectivity index (χ2n) is 9.58. The molecule has 6 rings (SSSR count). The Kier molecular flexibility index (Phi) is 6.77. The van der Waals surface area contributed by atoms with Crippen molar-refractivity contribution in [2.75, 3.05) is 17.3 Å². The molecule has 2 aromatic heterocycles. The lowest BCUT2D eigenvalue weighted by Crippen LogP contribution is -2.33. The van der Waals surface area contributed by atoms with Crippen LogP contribution in [0.25, 0.3) is 0 Å². The van der Waals surface area contributed by atoms with Crippen LogP contribution in [-0.2, 0) is 20.9 Å². The number of aryl methyl sites for hydroxylation is 1. The molecule has 0 saturated carbocycles. The number of nitrogens with one attached hydrogen (secondary N) is 1. The van der Waals surface area contributed by atoms with Crippen LogP contribution in [0.3, 0.4) is 0 Å². The van der Waals surface area contributed by atoms with Gasteiger partial charge in [0.1, 0.15) is 17.5 Å². The number of ether oxygens (including phenoxy) is 1. The van der Waals surface area contributed by atoms with E-state index in [9.17, 15) is 19.2 Å². The van der Waals surface area contributed by atoms with E-state index in [-0.39, 0.29) is 29.1 Å². The summed E-state index contributed by atoms with van der Waals surface area (Å²) in [6.45, 7) is 1.71. The first-order valence-corrected chi connectivity index (χ1v) is 14.2. The third-order valence-electron chi connectivity index (χ3n) is 7.03. The molecule has 2 aliphatic heterocycles. The molecule has 40 heavy (non-hydrogen) atoms. The van der Waals surface area contributed by atoms with Crippen molar-refractivity contribution in [2.45, 2.75) is 29.7 Å². The molecule has 0 aliphatic carbocycles. The highest BCUT2D eigenvalue weighted by Gasteiger charge is 2.56. The fraction of sp³-hybridized carbons (Fsp3) is 0.207. The Balaban J connectivity index is 1.39. The molecule has 3 atom stereocenters. The first-order valence-electron chi connectivity index (χ1n) is 12.5. The largest absolute Gasteiger partial charge is 0.497 e. The maximum atomic E-state index is 13.9. The number of carbonyl (C=O) groups is 3. The summed E-state index contributed by atoms with van der Waals surface area (Å²) in [6.07, 6.45) is 3.29. The molecule has 0 radical (unpaired) electrons. The number of benzene rings is 2. The van der Waals surface area contributed by atoms with E-state index in [1.807, 2.05) is 31.2 Å². The lowest BCUT2D eigenvalue weighted by atomic mass is 9.84. The van der Waals surface area contributed by atoms with E-state index in [0.717, 1.165) is 22.5 Å². The van der Waals surface area contributed by atoms with Crippen molar-refractivity contribution in [1.29, 1.82) is 0 Å². The van der Waals surface area contributed by atoms with Gasteiger partial charge in [-0.15, -0.1) is 0 Å². The third kappa shape index (κ3) is 4.50. The van der Waals surface area contributed by atoms with Crippen molar-refractivity contribution in [3.8, 4) is 5.75 Å². The number of methoxy groups -OCH3 is 1. The zero-order valence-electron chi connectivity index (χ0n) is 21.6. The maximum Gasteiger partial charge on any atom is 0.308 e. The summed E-state index contributed by atoms with van der Waals surface area (Å²) in [4.78, 5) is 59.7. The number of nitrogens with zero attached hydrogens (tertiary/aromatic N) is 3. The van der Waals surface area contributed by atoms with Gasteiger partial charge in [-0.2, -0.15) is 0 Å². The summed E-state index contributed by atoms with van der Waals surface area (Å²) in [5.41, 5.74) is 2.81. The number of pyridine rings is 1. The van der Waals surface area contributed by atoms with Gasteiger partial charge in [0.25, 0.3) is 0 Å². The molecule has 3 amide bonds. The molecule has 1 N–H and O–H groups in total. The molecule has 0 spiro atoms. The SMILES string of the molecule is COc1ccc(N2C(=O)C3Sc4c(sc(=O)n4CC(=O)Nc4cccc(C)c4)[C@H](c4cccnc4)C3C2=O)cc1. The summed E-state index contributed by atoms with van der Waals surface area (Å²) in [5.74, 6) is -1.74. The number of fused-ring (bicyclic) bond motifs is 2. The Bertz CT molecular complexity index is 1680. The van der Waals surface area contributed by atoms with Crippen molar-refractivity contribution >= 4 is 52.2 Å². The molecule has 1 fully saturated rings.